The van der Waals surface area contributed by atoms with Gasteiger partial charge in [0.1, 0.15) is 18.3 Å². The highest BCUT2D eigenvalue weighted by Gasteiger charge is 2.33. The number of hydrogen-bond acceptors (Lipinski definition) is 5. The van der Waals surface area contributed by atoms with Gasteiger partial charge in [0.25, 0.3) is 10.0 Å². The summed E-state index contributed by atoms with van der Waals surface area (Å²) in [6.07, 6.45) is 1.66. The molecule has 2 amide bonds. The third-order valence-corrected chi connectivity index (χ3v) is 9.21. The van der Waals surface area contributed by atoms with E-state index in [1.807, 2.05) is 6.92 Å². The van der Waals surface area contributed by atoms with Crippen LogP contribution in [-0.4, -0.2) is 50.9 Å². The maximum absolute atomic E-state index is 14.1. The average Bonchev–Trinajstić information content (AvgIpc) is 2.96. The van der Waals surface area contributed by atoms with Crippen LogP contribution in [0.2, 0.25) is 15.1 Å². The molecule has 226 valence electrons. The van der Waals surface area contributed by atoms with E-state index in [4.69, 9.17) is 39.5 Å². The number of anilines is 1. The van der Waals surface area contributed by atoms with Crippen LogP contribution in [0.4, 0.5) is 5.69 Å². The van der Waals surface area contributed by atoms with Crippen molar-refractivity contribution < 1.29 is 22.7 Å². The molecule has 3 aromatic rings. The number of sulfonamides is 1. The van der Waals surface area contributed by atoms with Gasteiger partial charge in [-0.1, -0.05) is 66.3 Å². The SMILES string of the molecule is CCCCNC(=O)[C@H](C)N(Cc1ccc(Cl)c(Cl)c1)C(=O)CN(c1ccccc1OCC)S(=O)(=O)c1ccc(Cl)cc1. The van der Waals surface area contributed by atoms with Gasteiger partial charge >= 0.3 is 0 Å². The highest BCUT2D eigenvalue weighted by atomic mass is 35.5. The monoisotopic (exact) mass is 653 g/mol. The van der Waals surface area contributed by atoms with E-state index in [1.54, 1.807) is 56.3 Å². The summed E-state index contributed by atoms with van der Waals surface area (Å²) in [5.41, 5.74) is 0.796. The van der Waals surface area contributed by atoms with Crippen LogP contribution in [0.15, 0.2) is 71.6 Å². The van der Waals surface area contributed by atoms with Crippen LogP contribution >= 0.6 is 34.8 Å². The van der Waals surface area contributed by atoms with Gasteiger partial charge in [-0.15, -0.1) is 0 Å². The Labute approximate surface area is 262 Å². The van der Waals surface area contributed by atoms with Gasteiger partial charge in [-0.25, -0.2) is 8.42 Å². The molecule has 3 rings (SSSR count). The second-order valence-electron chi connectivity index (χ2n) is 9.46. The number of rotatable bonds is 14. The maximum atomic E-state index is 14.1. The molecule has 0 heterocycles. The maximum Gasteiger partial charge on any atom is 0.264 e. The Balaban J connectivity index is 2.06. The standard InChI is InChI=1S/C30H34Cl3N3O5S/c1-4-6-17-34-30(38)21(3)35(19-22-11-16-25(32)26(33)18-22)29(37)20-36(27-9-7-8-10-28(27)41-5-2)42(39,40)24-14-12-23(31)13-15-24/h7-16,18,21H,4-6,17,19-20H2,1-3H3,(H,34,38)/t21-/m0/s1. The summed E-state index contributed by atoms with van der Waals surface area (Å²) in [6, 6.07) is 16.2. The van der Waals surface area contributed by atoms with Gasteiger partial charge < -0.3 is 15.0 Å². The van der Waals surface area contributed by atoms with Crippen LogP contribution in [0.1, 0.15) is 39.2 Å². The summed E-state index contributed by atoms with van der Waals surface area (Å²) in [5, 5.41) is 3.85. The number of nitrogens with one attached hydrogen (secondary N) is 1. The summed E-state index contributed by atoms with van der Waals surface area (Å²) >= 11 is 18.3. The molecule has 1 N–H and O–H groups in total. The van der Waals surface area contributed by atoms with Crippen LogP contribution in [0.3, 0.4) is 0 Å². The van der Waals surface area contributed by atoms with E-state index in [9.17, 15) is 18.0 Å². The van der Waals surface area contributed by atoms with Crippen molar-refractivity contribution in [3.05, 3.63) is 87.4 Å². The zero-order valence-corrected chi connectivity index (χ0v) is 26.7. The van der Waals surface area contributed by atoms with Crippen molar-refractivity contribution in [2.45, 2.75) is 51.1 Å². The minimum absolute atomic E-state index is 0.0139. The van der Waals surface area contributed by atoms with Crippen molar-refractivity contribution in [3.8, 4) is 5.75 Å². The van der Waals surface area contributed by atoms with Gasteiger partial charge in [-0.2, -0.15) is 0 Å². The van der Waals surface area contributed by atoms with Crippen LogP contribution in [0, 0.1) is 0 Å². The molecule has 8 nitrogen and oxygen atoms in total. The molecule has 0 bridgehead atoms. The van der Waals surface area contributed by atoms with Gasteiger partial charge in [-0.3, -0.25) is 13.9 Å². The summed E-state index contributed by atoms with van der Waals surface area (Å²) in [6.45, 7) is 5.49. The van der Waals surface area contributed by atoms with Crippen molar-refractivity contribution in [3.63, 3.8) is 0 Å². The number of carbonyl (C=O) groups is 2. The van der Waals surface area contributed by atoms with Crippen molar-refractivity contribution in [2.75, 3.05) is 24.0 Å². The number of amides is 2. The van der Waals surface area contributed by atoms with Crippen LogP contribution < -0.4 is 14.4 Å². The lowest BCUT2D eigenvalue weighted by molar-refractivity contribution is -0.139. The van der Waals surface area contributed by atoms with Gasteiger partial charge in [0.2, 0.25) is 11.8 Å². The van der Waals surface area contributed by atoms with Crippen molar-refractivity contribution in [1.29, 1.82) is 0 Å². The molecule has 0 radical (unpaired) electrons. The van der Waals surface area contributed by atoms with Crippen molar-refractivity contribution in [1.82, 2.24) is 10.2 Å². The summed E-state index contributed by atoms with van der Waals surface area (Å²) in [4.78, 5) is 28.4. The van der Waals surface area contributed by atoms with Crippen LogP contribution in [0.5, 0.6) is 5.75 Å². The minimum Gasteiger partial charge on any atom is -0.492 e. The van der Waals surface area contributed by atoms with Crippen LogP contribution in [-0.2, 0) is 26.2 Å². The Hall–Kier alpha value is -2.98. The normalized spacial score (nSPS) is 12.0. The number of carbonyl (C=O) groups excluding carboxylic acids is 2. The first-order valence-electron chi connectivity index (χ1n) is 13.5. The van der Waals surface area contributed by atoms with E-state index in [0.717, 1.165) is 17.1 Å². The largest absolute Gasteiger partial charge is 0.492 e. The number of nitrogens with zero attached hydrogens (tertiary/aromatic N) is 2. The molecule has 42 heavy (non-hydrogen) atoms. The highest BCUT2D eigenvalue weighted by molar-refractivity contribution is 7.92. The molecular formula is C30H34Cl3N3O5S. The molecule has 0 fully saturated rings. The van der Waals surface area contributed by atoms with Crippen molar-refractivity contribution in [2.24, 2.45) is 0 Å². The van der Waals surface area contributed by atoms with E-state index in [1.165, 1.54) is 29.2 Å². The molecule has 0 aliphatic rings. The third kappa shape index (κ3) is 8.53. The van der Waals surface area contributed by atoms with Gasteiger partial charge in [0, 0.05) is 18.1 Å². The number of hydrogen-bond donors (Lipinski definition) is 1. The van der Waals surface area contributed by atoms with E-state index < -0.39 is 28.5 Å². The first-order chi connectivity index (χ1) is 20.0. The van der Waals surface area contributed by atoms with E-state index in [-0.39, 0.29) is 35.4 Å². The summed E-state index contributed by atoms with van der Waals surface area (Å²) in [5.74, 6) is -0.687. The minimum atomic E-state index is -4.28. The fraction of sp³-hybridized carbons (Fsp3) is 0.333. The number of unbranched alkanes of at least 4 members (excludes halogenated alkanes) is 1. The van der Waals surface area contributed by atoms with Gasteiger partial charge in [-0.05, 0) is 74.4 Å². The Morgan fingerprint density at radius 2 is 1.64 bits per heavy atom. The number of ether oxygens (including phenoxy) is 1. The predicted octanol–water partition coefficient (Wildman–Crippen LogP) is 6.57. The lowest BCUT2D eigenvalue weighted by atomic mass is 10.1. The smallest absolute Gasteiger partial charge is 0.264 e. The van der Waals surface area contributed by atoms with E-state index in [2.05, 4.69) is 5.32 Å². The molecule has 0 saturated heterocycles. The van der Waals surface area contributed by atoms with Crippen molar-refractivity contribution >= 4 is 62.3 Å². The average molecular weight is 655 g/mol. The Morgan fingerprint density at radius 3 is 2.29 bits per heavy atom. The summed E-state index contributed by atoms with van der Waals surface area (Å²) < 4.78 is 34.8. The number of halogens is 3. The summed E-state index contributed by atoms with van der Waals surface area (Å²) in [7, 11) is -4.28. The van der Waals surface area contributed by atoms with E-state index >= 15 is 0 Å². The first-order valence-corrected chi connectivity index (χ1v) is 16.1. The quantitative estimate of drug-likeness (QED) is 0.198. The second-order valence-corrected chi connectivity index (χ2v) is 12.6. The molecular weight excluding hydrogens is 621 g/mol. The third-order valence-electron chi connectivity index (χ3n) is 6.45. The molecule has 3 aromatic carbocycles. The lowest BCUT2D eigenvalue weighted by Gasteiger charge is -2.32. The molecule has 0 aliphatic carbocycles. The molecule has 0 unspecified atom stereocenters. The second kappa shape index (κ2) is 15.5. The van der Waals surface area contributed by atoms with Crippen LogP contribution in [0.25, 0.3) is 0 Å². The first kappa shape index (κ1) is 33.5. The van der Waals surface area contributed by atoms with Gasteiger partial charge in [0.15, 0.2) is 0 Å². The van der Waals surface area contributed by atoms with Gasteiger partial charge in [0.05, 0.1) is 27.2 Å². The molecule has 1 atom stereocenters. The lowest BCUT2D eigenvalue weighted by Crippen LogP contribution is -2.51. The molecule has 0 aliphatic heterocycles. The predicted molar refractivity (Wildman–Crippen MR) is 168 cm³/mol. The van der Waals surface area contributed by atoms with E-state index in [0.29, 0.717) is 27.2 Å². The zero-order valence-electron chi connectivity index (χ0n) is 23.6. The Kier molecular flexibility index (Phi) is 12.4. The topological polar surface area (TPSA) is 96.0 Å². The number of benzene rings is 3. The molecule has 0 aromatic heterocycles. The zero-order chi connectivity index (χ0) is 30.9. The molecule has 12 heteroatoms. The Morgan fingerprint density at radius 1 is 0.952 bits per heavy atom. The number of para-hydroxylation sites is 2. The fourth-order valence-corrected chi connectivity index (χ4v) is 6.01. The fourth-order valence-electron chi connectivity index (χ4n) is 4.14. The molecule has 0 saturated carbocycles. The molecule has 0 spiro atoms. The highest BCUT2D eigenvalue weighted by Crippen LogP contribution is 2.33. The Bertz CT molecular complexity index is 1490.